The molecule has 1 N–H and O–H groups in total. The predicted octanol–water partition coefficient (Wildman–Crippen LogP) is 2.61. The van der Waals surface area contributed by atoms with E-state index in [9.17, 15) is 4.79 Å². The Morgan fingerprint density at radius 1 is 1.37 bits per heavy atom. The molecule has 0 unspecified atom stereocenters. The Balaban J connectivity index is 1.45. The molecule has 1 fully saturated rings. The molecule has 0 spiro atoms. The fourth-order valence-corrected chi connectivity index (χ4v) is 2.95. The number of carbonyl (C=O) groups excluding carboxylic acids is 1. The van der Waals surface area contributed by atoms with Crippen LogP contribution < -0.4 is 5.32 Å². The van der Waals surface area contributed by atoms with E-state index in [1.165, 1.54) is 5.56 Å². The van der Waals surface area contributed by atoms with Crippen LogP contribution in [0.3, 0.4) is 0 Å². The summed E-state index contributed by atoms with van der Waals surface area (Å²) in [6.07, 6.45) is 1.80. The summed E-state index contributed by atoms with van der Waals surface area (Å²) in [5.74, 6) is 0.766. The maximum absolute atomic E-state index is 12.0. The quantitative estimate of drug-likeness (QED) is 0.909. The van der Waals surface area contributed by atoms with Crippen molar-refractivity contribution in [1.29, 1.82) is 0 Å². The van der Waals surface area contributed by atoms with Crippen molar-refractivity contribution in [3.8, 4) is 0 Å². The molecule has 1 aliphatic carbocycles. The second-order valence-corrected chi connectivity index (χ2v) is 5.60. The number of nitrogens with one attached hydrogen (secondary N) is 1. The van der Waals surface area contributed by atoms with Crippen LogP contribution in [0.4, 0.5) is 0 Å². The van der Waals surface area contributed by atoms with Crippen molar-refractivity contribution >= 4 is 17.2 Å². The Kier molecular flexibility index (Phi) is 3.60. The number of amides is 1. The van der Waals surface area contributed by atoms with Crippen molar-refractivity contribution in [3.63, 3.8) is 0 Å². The Morgan fingerprint density at radius 2 is 2.21 bits per heavy atom. The van der Waals surface area contributed by atoms with Gasteiger partial charge in [0.25, 0.3) is 0 Å². The highest BCUT2D eigenvalue weighted by molar-refractivity contribution is 7.07. The second kappa shape index (κ2) is 5.53. The SMILES string of the molecule is O=C(NCCc1cscn1)[C@H]1C[C@H]1c1ccccc1. The number of carbonyl (C=O) groups is 1. The zero-order valence-corrected chi connectivity index (χ0v) is 11.4. The zero-order chi connectivity index (χ0) is 13.1. The van der Waals surface area contributed by atoms with Crippen LogP contribution in [0, 0.1) is 5.92 Å². The smallest absolute Gasteiger partial charge is 0.223 e. The minimum Gasteiger partial charge on any atom is -0.355 e. The van der Waals surface area contributed by atoms with Gasteiger partial charge in [0, 0.05) is 24.3 Å². The van der Waals surface area contributed by atoms with Crippen LogP contribution in [0.1, 0.15) is 23.6 Å². The van der Waals surface area contributed by atoms with Crippen LogP contribution in [0.15, 0.2) is 41.2 Å². The van der Waals surface area contributed by atoms with Crippen molar-refractivity contribution < 1.29 is 4.79 Å². The highest BCUT2D eigenvalue weighted by Crippen LogP contribution is 2.47. The third kappa shape index (κ3) is 3.01. The fourth-order valence-electron chi connectivity index (χ4n) is 2.36. The van der Waals surface area contributed by atoms with Crippen molar-refractivity contribution in [1.82, 2.24) is 10.3 Å². The number of hydrogen-bond donors (Lipinski definition) is 1. The van der Waals surface area contributed by atoms with Crippen LogP contribution in [-0.2, 0) is 11.2 Å². The maximum Gasteiger partial charge on any atom is 0.223 e. The predicted molar refractivity (Wildman–Crippen MR) is 76.1 cm³/mol. The standard InChI is InChI=1S/C15H16N2OS/c18-15(16-7-6-12-9-19-10-17-12)14-8-13(14)11-4-2-1-3-5-11/h1-5,9-10,13-14H,6-8H2,(H,16,18)/t13-,14-/m0/s1. The summed E-state index contributed by atoms with van der Waals surface area (Å²) in [7, 11) is 0. The lowest BCUT2D eigenvalue weighted by atomic mass is 10.1. The molecular weight excluding hydrogens is 256 g/mol. The molecule has 0 radical (unpaired) electrons. The van der Waals surface area contributed by atoms with Gasteiger partial charge in [-0.25, -0.2) is 4.98 Å². The molecule has 19 heavy (non-hydrogen) atoms. The Hall–Kier alpha value is -1.68. The van der Waals surface area contributed by atoms with E-state index in [2.05, 4.69) is 22.4 Å². The molecule has 4 heteroatoms. The molecule has 1 aromatic carbocycles. The summed E-state index contributed by atoms with van der Waals surface area (Å²) in [5, 5.41) is 5.03. The number of aromatic nitrogens is 1. The van der Waals surface area contributed by atoms with E-state index in [1.54, 1.807) is 11.3 Å². The molecule has 2 aromatic rings. The van der Waals surface area contributed by atoms with E-state index in [-0.39, 0.29) is 11.8 Å². The maximum atomic E-state index is 12.0. The first-order valence-electron chi connectivity index (χ1n) is 6.54. The first kappa shape index (κ1) is 12.4. The first-order valence-corrected chi connectivity index (χ1v) is 7.48. The van der Waals surface area contributed by atoms with E-state index >= 15 is 0 Å². The number of hydrogen-bond acceptors (Lipinski definition) is 3. The van der Waals surface area contributed by atoms with Gasteiger partial charge in [0.2, 0.25) is 5.91 Å². The van der Waals surface area contributed by atoms with E-state index in [0.717, 1.165) is 18.5 Å². The minimum atomic E-state index is 0.165. The lowest BCUT2D eigenvalue weighted by Crippen LogP contribution is -2.27. The molecular formula is C15H16N2OS. The average molecular weight is 272 g/mol. The van der Waals surface area contributed by atoms with Crippen molar-refractivity contribution in [2.24, 2.45) is 5.92 Å². The van der Waals surface area contributed by atoms with Gasteiger partial charge in [-0.05, 0) is 17.9 Å². The second-order valence-electron chi connectivity index (χ2n) is 4.88. The van der Waals surface area contributed by atoms with Gasteiger partial charge in [0.1, 0.15) is 0 Å². The monoisotopic (exact) mass is 272 g/mol. The largest absolute Gasteiger partial charge is 0.355 e. The number of nitrogens with zero attached hydrogens (tertiary/aromatic N) is 1. The van der Waals surface area contributed by atoms with Crippen LogP contribution >= 0.6 is 11.3 Å². The molecule has 1 amide bonds. The van der Waals surface area contributed by atoms with Gasteiger partial charge < -0.3 is 5.32 Å². The molecule has 0 aliphatic heterocycles. The summed E-state index contributed by atoms with van der Waals surface area (Å²) in [6, 6.07) is 10.3. The summed E-state index contributed by atoms with van der Waals surface area (Å²) in [6.45, 7) is 0.681. The Morgan fingerprint density at radius 3 is 2.95 bits per heavy atom. The van der Waals surface area contributed by atoms with Crippen LogP contribution in [0.2, 0.25) is 0 Å². The molecule has 1 aromatic heterocycles. The summed E-state index contributed by atoms with van der Waals surface area (Å²) < 4.78 is 0. The Bertz CT molecular complexity index is 539. The number of thiazole rings is 1. The van der Waals surface area contributed by atoms with Gasteiger partial charge in [-0.1, -0.05) is 30.3 Å². The van der Waals surface area contributed by atoms with E-state index in [0.29, 0.717) is 12.5 Å². The third-order valence-corrected chi connectivity index (χ3v) is 4.15. The van der Waals surface area contributed by atoms with E-state index in [1.807, 2.05) is 29.1 Å². The molecule has 98 valence electrons. The zero-order valence-electron chi connectivity index (χ0n) is 10.6. The Labute approximate surface area is 116 Å². The first-order chi connectivity index (χ1) is 9.34. The topological polar surface area (TPSA) is 42.0 Å². The van der Waals surface area contributed by atoms with Crippen LogP contribution in [0.5, 0.6) is 0 Å². The van der Waals surface area contributed by atoms with E-state index < -0.39 is 0 Å². The van der Waals surface area contributed by atoms with Gasteiger partial charge in [-0.15, -0.1) is 11.3 Å². The van der Waals surface area contributed by atoms with Gasteiger partial charge in [0.05, 0.1) is 11.2 Å². The number of rotatable bonds is 5. The van der Waals surface area contributed by atoms with Gasteiger partial charge in [-0.3, -0.25) is 4.79 Å². The normalized spacial score (nSPS) is 21.1. The lowest BCUT2D eigenvalue weighted by molar-refractivity contribution is -0.122. The molecule has 3 nitrogen and oxygen atoms in total. The molecule has 0 bridgehead atoms. The lowest BCUT2D eigenvalue weighted by Gasteiger charge is -2.03. The van der Waals surface area contributed by atoms with Gasteiger partial charge >= 0.3 is 0 Å². The van der Waals surface area contributed by atoms with E-state index in [4.69, 9.17) is 0 Å². The van der Waals surface area contributed by atoms with Crippen molar-refractivity contribution in [2.45, 2.75) is 18.8 Å². The third-order valence-electron chi connectivity index (χ3n) is 3.52. The molecule has 0 saturated heterocycles. The molecule has 1 heterocycles. The minimum absolute atomic E-state index is 0.165. The van der Waals surface area contributed by atoms with Crippen LogP contribution in [0.25, 0.3) is 0 Å². The van der Waals surface area contributed by atoms with Crippen LogP contribution in [-0.4, -0.2) is 17.4 Å². The highest BCUT2D eigenvalue weighted by atomic mass is 32.1. The molecule has 2 atom stereocenters. The van der Waals surface area contributed by atoms with Crippen molar-refractivity contribution in [2.75, 3.05) is 6.54 Å². The summed E-state index contributed by atoms with van der Waals surface area (Å²) in [5.41, 5.74) is 4.16. The molecule has 1 aliphatic rings. The van der Waals surface area contributed by atoms with Gasteiger partial charge in [-0.2, -0.15) is 0 Å². The number of benzene rings is 1. The summed E-state index contributed by atoms with van der Waals surface area (Å²) in [4.78, 5) is 16.2. The molecule has 3 rings (SSSR count). The summed E-state index contributed by atoms with van der Waals surface area (Å²) >= 11 is 1.59. The van der Waals surface area contributed by atoms with Crippen molar-refractivity contribution in [3.05, 3.63) is 52.5 Å². The highest BCUT2D eigenvalue weighted by Gasteiger charge is 2.43. The average Bonchev–Trinajstić information content (AvgIpc) is 3.09. The molecule has 1 saturated carbocycles. The fraction of sp³-hybridized carbons (Fsp3) is 0.333. The van der Waals surface area contributed by atoms with Gasteiger partial charge in [0.15, 0.2) is 0 Å².